The summed E-state index contributed by atoms with van der Waals surface area (Å²) in [6, 6.07) is 0. The number of rotatable bonds is 10. The molecule has 0 aliphatic carbocycles. The van der Waals surface area contributed by atoms with Gasteiger partial charge in [0.25, 0.3) is 5.97 Å². The van der Waals surface area contributed by atoms with E-state index in [1.807, 2.05) is 0 Å². The van der Waals surface area contributed by atoms with Gasteiger partial charge in [-0.3, -0.25) is 4.79 Å². The third-order valence-corrected chi connectivity index (χ3v) is 2.94. The first-order valence-corrected chi connectivity index (χ1v) is 7.42. The van der Waals surface area contributed by atoms with Crippen molar-refractivity contribution in [2.75, 3.05) is 6.61 Å². The average Bonchev–Trinajstić information content (AvgIpc) is 2.32. The van der Waals surface area contributed by atoms with Gasteiger partial charge < -0.3 is 15.3 Å². The second kappa shape index (κ2) is 15.4. The molecule has 0 amide bonds. The largest absolute Gasteiger partial charge is 0.481 e. The molecular weight excluding hydrogens is 244 g/mol. The summed E-state index contributed by atoms with van der Waals surface area (Å²) in [7, 11) is 0. The lowest BCUT2D eigenvalue weighted by Crippen LogP contribution is -2.15. The van der Waals surface area contributed by atoms with Gasteiger partial charge in [0.1, 0.15) is 0 Å². The molecule has 2 atom stereocenters. The summed E-state index contributed by atoms with van der Waals surface area (Å²) in [5, 5.41) is 25.4. The second-order valence-electron chi connectivity index (χ2n) is 5.25. The Morgan fingerprint density at radius 1 is 1.11 bits per heavy atom. The van der Waals surface area contributed by atoms with Crippen LogP contribution in [-0.2, 0) is 4.79 Å². The molecule has 116 valence electrons. The molecule has 0 aromatic rings. The van der Waals surface area contributed by atoms with Gasteiger partial charge in [-0.05, 0) is 12.3 Å². The third-order valence-electron chi connectivity index (χ3n) is 2.94. The van der Waals surface area contributed by atoms with E-state index in [2.05, 4.69) is 13.8 Å². The fourth-order valence-electron chi connectivity index (χ4n) is 1.93. The van der Waals surface area contributed by atoms with Gasteiger partial charge in [0.15, 0.2) is 0 Å². The number of aliphatic hydroxyl groups is 2. The van der Waals surface area contributed by atoms with E-state index >= 15 is 0 Å². The van der Waals surface area contributed by atoms with E-state index in [9.17, 15) is 5.11 Å². The molecule has 0 aliphatic rings. The number of aliphatic hydroxyl groups excluding tert-OH is 2. The molecule has 4 heteroatoms. The maximum atomic E-state index is 9.25. The topological polar surface area (TPSA) is 77.8 Å². The highest BCUT2D eigenvalue weighted by molar-refractivity contribution is 5.62. The summed E-state index contributed by atoms with van der Waals surface area (Å²) in [6.45, 7) is 5.38. The van der Waals surface area contributed by atoms with Crippen LogP contribution in [0.2, 0.25) is 0 Å². The molecule has 0 aromatic heterocycles. The number of hydrogen-bond donors (Lipinski definition) is 3. The fraction of sp³-hybridized carbons (Fsp3) is 0.933. The van der Waals surface area contributed by atoms with E-state index < -0.39 is 12.1 Å². The van der Waals surface area contributed by atoms with E-state index in [1.54, 1.807) is 0 Å². The molecule has 0 rings (SSSR count). The highest BCUT2D eigenvalue weighted by atomic mass is 16.4. The zero-order valence-electron chi connectivity index (χ0n) is 12.8. The van der Waals surface area contributed by atoms with E-state index in [0.29, 0.717) is 5.92 Å². The van der Waals surface area contributed by atoms with Crippen molar-refractivity contribution in [1.82, 2.24) is 0 Å². The van der Waals surface area contributed by atoms with Crippen LogP contribution in [0.15, 0.2) is 0 Å². The third kappa shape index (κ3) is 23.0. The van der Waals surface area contributed by atoms with Gasteiger partial charge in [-0.1, -0.05) is 58.8 Å². The van der Waals surface area contributed by atoms with Gasteiger partial charge in [0.05, 0.1) is 12.7 Å². The van der Waals surface area contributed by atoms with Crippen LogP contribution >= 0.6 is 0 Å². The Kier molecular flexibility index (Phi) is 16.8. The maximum absolute atomic E-state index is 9.25. The molecule has 0 fully saturated rings. The van der Waals surface area contributed by atoms with Crippen LogP contribution in [0.5, 0.6) is 0 Å². The van der Waals surface area contributed by atoms with Gasteiger partial charge in [0.2, 0.25) is 0 Å². The number of hydrogen-bond acceptors (Lipinski definition) is 3. The highest BCUT2D eigenvalue weighted by Gasteiger charge is 2.08. The van der Waals surface area contributed by atoms with Crippen LogP contribution in [0, 0.1) is 5.92 Å². The van der Waals surface area contributed by atoms with Gasteiger partial charge in [-0.2, -0.15) is 0 Å². The highest BCUT2D eigenvalue weighted by Crippen LogP contribution is 2.16. The number of carboxylic acid groups (broad SMARTS) is 1. The van der Waals surface area contributed by atoms with Crippen LogP contribution in [-0.4, -0.2) is 34.0 Å². The summed E-state index contributed by atoms with van der Waals surface area (Å²) < 4.78 is 0. The van der Waals surface area contributed by atoms with Crippen molar-refractivity contribution in [1.29, 1.82) is 0 Å². The number of aliphatic carboxylic acids is 1. The molecule has 3 N–H and O–H groups in total. The summed E-state index contributed by atoms with van der Waals surface area (Å²) in [4.78, 5) is 9.00. The van der Waals surface area contributed by atoms with Crippen molar-refractivity contribution in [2.45, 2.75) is 78.2 Å². The van der Waals surface area contributed by atoms with E-state index in [1.165, 1.54) is 44.9 Å². The minimum Gasteiger partial charge on any atom is -0.481 e. The quantitative estimate of drug-likeness (QED) is 0.535. The molecule has 0 aliphatic heterocycles. The molecule has 0 spiro atoms. The lowest BCUT2D eigenvalue weighted by atomic mass is 9.96. The van der Waals surface area contributed by atoms with Crippen molar-refractivity contribution < 1.29 is 20.1 Å². The Bertz CT molecular complexity index is 191. The normalized spacial score (nSPS) is 13.3. The van der Waals surface area contributed by atoms with Crippen molar-refractivity contribution in [3.63, 3.8) is 0 Å². The van der Waals surface area contributed by atoms with Gasteiger partial charge >= 0.3 is 0 Å². The van der Waals surface area contributed by atoms with Gasteiger partial charge in [-0.25, -0.2) is 0 Å². The number of carboxylic acids is 1. The van der Waals surface area contributed by atoms with E-state index in [-0.39, 0.29) is 6.61 Å². The molecular formula is C15H32O4. The van der Waals surface area contributed by atoms with Crippen molar-refractivity contribution >= 4 is 5.97 Å². The van der Waals surface area contributed by atoms with Crippen LogP contribution in [0.1, 0.15) is 72.1 Å². The zero-order valence-corrected chi connectivity index (χ0v) is 12.8. The summed E-state index contributed by atoms with van der Waals surface area (Å²) in [5.74, 6) is -0.293. The first-order chi connectivity index (χ1) is 8.93. The van der Waals surface area contributed by atoms with Crippen molar-refractivity contribution in [3.8, 4) is 0 Å². The number of carbonyl (C=O) groups is 1. The van der Waals surface area contributed by atoms with Gasteiger partial charge in [-0.15, -0.1) is 0 Å². The standard InChI is InChI=1S/C13H28O2.C2H4O2/c1-3-4-5-6-7-8-9-12(2)10-13(15)11-14;1-2(3)4/h12-15H,3-11H2,1-2H3;1H3,(H,3,4). The van der Waals surface area contributed by atoms with Gasteiger partial charge in [0, 0.05) is 6.92 Å². The Labute approximate surface area is 117 Å². The minimum absolute atomic E-state index is 0.0964. The molecule has 0 saturated carbocycles. The smallest absolute Gasteiger partial charge is 0.300 e. The Balaban J connectivity index is 0. The molecule has 0 radical (unpaired) electrons. The SMILES string of the molecule is CC(=O)O.CCCCCCCCC(C)CC(O)CO. The number of unbranched alkanes of at least 4 members (excludes halogenated alkanes) is 5. The average molecular weight is 276 g/mol. The maximum Gasteiger partial charge on any atom is 0.300 e. The van der Waals surface area contributed by atoms with E-state index in [0.717, 1.165) is 13.3 Å². The lowest BCUT2D eigenvalue weighted by molar-refractivity contribution is -0.134. The Hall–Kier alpha value is -0.610. The van der Waals surface area contributed by atoms with E-state index in [4.69, 9.17) is 15.0 Å². The first-order valence-electron chi connectivity index (χ1n) is 7.42. The van der Waals surface area contributed by atoms with Crippen LogP contribution in [0.4, 0.5) is 0 Å². The molecule has 0 aromatic carbocycles. The molecule has 0 saturated heterocycles. The Morgan fingerprint density at radius 2 is 1.58 bits per heavy atom. The predicted octanol–water partition coefficient (Wildman–Crippen LogP) is 3.21. The predicted molar refractivity (Wildman–Crippen MR) is 78.2 cm³/mol. The minimum atomic E-state index is -0.833. The zero-order chi connectivity index (χ0) is 15.1. The first kappa shape index (κ1) is 20.7. The van der Waals surface area contributed by atoms with Crippen molar-refractivity contribution in [2.24, 2.45) is 5.92 Å². The van der Waals surface area contributed by atoms with Crippen LogP contribution in [0.25, 0.3) is 0 Å². The molecule has 0 heterocycles. The molecule has 4 nitrogen and oxygen atoms in total. The summed E-state index contributed by atoms with van der Waals surface area (Å²) >= 11 is 0. The molecule has 0 bridgehead atoms. The lowest BCUT2D eigenvalue weighted by Gasteiger charge is -2.14. The molecule has 2 unspecified atom stereocenters. The second-order valence-corrected chi connectivity index (χ2v) is 5.25. The Morgan fingerprint density at radius 3 is 2.05 bits per heavy atom. The molecule has 19 heavy (non-hydrogen) atoms. The monoisotopic (exact) mass is 276 g/mol. The summed E-state index contributed by atoms with van der Waals surface area (Å²) in [5.41, 5.74) is 0. The fourth-order valence-corrected chi connectivity index (χ4v) is 1.93. The van der Waals surface area contributed by atoms with Crippen molar-refractivity contribution in [3.05, 3.63) is 0 Å². The van der Waals surface area contributed by atoms with Crippen LogP contribution < -0.4 is 0 Å². The van der Waals surface area contributed by atoms with Crippen LogP contribution in [0.3, 0.4) is 0 Å². The summed E-state index contributed by atoms with van der Waals surface area (Å²) in [6.07, 6.45) is 9.38.